The highest BCUT2D eigenvalue weighted by atomic mass is 32.2. The molecule has 7 heteroatoms. The third-order valence-corrected chi connectivity index (χ3v) is 4.41. The quantitative estimate of drug-likeness (QED) is 0.767. The fourth-order valence-electron chi connectivity index (χ4n) is 1.40. The van der Waals surface area contributed by atoms with Gasteiger partial charge >= 0.3 is 0 Å². The summed E-state index contributed by atoms with van der Waals surface area (Å²) >= 11 is 0. The van der Waals surface area contributed by atoms with Crippen LogP contribution >= 0.6 is 0 Å². The molecule has 0 saturated carbocycles. The highest BCUT2D eigenvalue weighted by Crippen LogP contribution is 2.15. The van der Waals surface area contributed by atoms with Crippen molar-refractivity contribution in [3.63, 3.8) is 0 Å². The van der Waals surface area contributed by atoms with Crippen LogP contribution in [-0.4, -0.2) is 50.1 Å². The lowest BCUT2D eigenvalue weighted by Gasteiger charge is -2.11. The monoisotopic (exact) mass is 286 g/mol. The van der Waals surface area contributed by atoms with Gasteiger partial charge in [0, 0.05) is 26.2 Å². The Hall–Kier alpha value is -1.60. The molecule has 0 heterocycles. The number of hydrogen-bond acceptors (Lipinski definition) is 4. The number of para-hydroxylation sites is 1. The number of aromatic hydroxyl groups is 1. The molecule has 1 aromatic rings. The van der Waals surface area contributed by atoms with Gasteiger partial charge in [0.15, 0.2) is 0 Å². The number of phenolic OH excluding ortho intramolecular Hbond substituents is 1. The van der Waals surface area contributed by atoms with E-state index in [1.807, 2.05) is 0 Å². The second kappa shape index (κ2) is 6.53. The van der Waals surface area contributed by atoms with Gasteiger partial charge in [-0.15, -0.1) is 0 Å². The van der Waals surface area contributed by atoms with Crippen LogP contribution in [0.15, 0.2) is 24.3 Å². The number of carbonyl (C=O) groups is 1. The van der Waals surface area contributed by atoms with Crippen molar-refractivity contribution < 1.29 is 18.3 Å². The van der Waals surface area contributed by atoms with Crippen LogP contribution in [0.3, 0.4) is 0 Å². The summed E-state index contributed by atoms with van der Waals surface area (Å²) in [6, 6.07) is 6.53. The minimum Gasteiger partial charge on any atom is -0.508 e. The highest BCUT2D eigenvalue weighted by molar-refractivity contribution is 7.89. The van der Waals surface area contributed by atoms with Crippen molar-refractivity contribution in [2.75, 3.05) is 26.4 Å². The lowest BCUT2D eigenvalue weighted by atomic mass is 10.1. The van der Waals surface area contributed by atoms with Gasteiger partial charge in [-0.05, 0) is 6.07 Å². The molecule has 0 bridgehead atoms. The summed E-state index contributed by atoms with van der Waals surface area (Å²) in [5.41, 5.74) is 0.510. The van der Waals surface area contributed by atoms with E-state index < -0.39 is 10.0 Å². The molecule has 0 spiro atoms. The number of sulfonamides is 1. The van der Waals surface area contributed by atoms with Gasteiger partial charge in [-0.1, -0.05) is 18.2 Å². The van der Waals surface area contributed by atoms with Gasteiger partial charge in [-0.2, -0.15) is 0 Å². The van der Waals surface area contributed by atoms with E-state index in [-0.39, 0.29) is 30.4 Å². The summed E-state index contributed by atoms with van der Waals surface area (Å²) in [5.74, 6) is -0.416. The molecule has 0 aromatic heterocycles. The fraction of sp³-hybridized carbons (Fsp3) is 0.417. The van der Waals surface area contributed by atoms with Gasteiger partial charge in [-0.25, -0.2) is 12.7 Å². The lowest BCUT2D eigenvalue weighted by molar-refractivity contribution is -0.120. The number of benzene rings is 1. The molecule has 0 aliphatic heterocycles. The van der Waals surface area contributed by atoms with E-state index >= 15 is 0 Å². The SMILES string of the molecule is CN(C)S(=O)(=O)CCNC(=O)Cc1ccccc1O. The van der Waals surface area contributed by atoms with E-state index in [1.54, 1.807) is 18.2 Å². The molecule has 1 rings (SSSR count). The smallest absolute Gasteiger partial charge is 0.224 e. The van der Waals surface area contributed by atoms with Gasteiger partial charge < -0.3 is 10.4 Å². The number of phenols is 1. The first kappa shape index (κ1) is 15.5. The van der Waals surface area contributed by atoms with Gasteiger partial charge in [0.05, 0.1) is 12.2 Å². The van der Waals surface area contributed by atoms with Crippen LogP contribution in [0.25, 0.3) is 0 Å². The first-order valence-electron chi connectivity index (χ1n) is 5.76. The van der Waals surface area contributed by atoms with Crippen molar-refractivity contribution in [1.82, 2.24) is 9.62 Å². The maximum Gasteiger partial charge on any atom is 0.224 e. The largest absolute Gasteiger partial charge is 0.508 e. The molecular formula is C12H18N2O4S. The molecule has 106 valence electrons. The van der Waals surface area contributed by atoms with E-state index in [2.05, 4.69) is 5.32 Å². The van der Waals surface area contributed by atoms with Crippen LogP contribution in [0.5, 0.6) is 5.75 Å². The number of nitrogens with one attached hydrogen (secondary N) is 1. The maximum atomic E-state index is 11.6. The van der Waals surface area contributed by atoms with Crippen LogP contribution in [0.4, 0.5) is 0 Å². The van der Waals surface area contributed by atoms with E-state index in [0.717, 1.165) is 4.31 Å². The lowest BCUT2D eigenvalue weighted by Crippen LogP contribution is -2.34. The van der Waals surface area contributed by atoms with Crippen LogP contribution in [0, 0.1) is 0 Å². The van der Waals surface area contributed by atoms with Crippen molar-refractivity contribution in [2.24, 2.45) is 0 Å². The number of hydrogen-bond donors (Lipinski definition) is 2. The van der Waals surface area contributed by atoms with Crippen LogP contribution in [-0.2, 0) is 21.2 Å². The maximum absolute atomic E-state index is 11.6. The summed E-state index contributed by atoms with van der Waals surface area (Å²) < 4.78 is 24.0. The Labute approximate surface area is 113 Å². The molecule has 1 aromatic carbocycles. The van der Waals surface area contributed by atoms with E-state index in [1.165, 1.54) is 20.2 Å². The molecule has 0 aliphatic rings. The zero-order valence-corrected chi connectivity index (χ0v) is 11.8. The average molecular weight is 286 g/mol. The number of rotatable bonds is 6. The Morgan fingerprint density at radius 1 is 1.32 bits per heavy atom. The molecule has 0 fully saturated rings. The summed E-state index contributed by atoms with van der Waals surface area (Å²) in [6.07, 6.45) is 0.0225. The Morgan fingerprint density at radius 2 is 1.95 bits per heavy atom. The number of amides is 1. The summed E-state index contributed by atoms with van der Waals surface area (Å²) in [5, 5.41) is 12.0. The molecule has 2 N–H and O–H groups in total. The van der Waals surface area contributed by atoms with E-state index in [4.69, 9.17) is 0 Å². The Balaban J connectivity index is 2.44. The number of carbonyl (C=O) groups excluding carboxylic acids is 1. The first-order chi connectivity index (χ1) is 8.83. The second-order valence-corrected chi connectivity index (χ2v) is 6.56. The van der Waals surface area contributed by atoms with Gasteiger partial charge in [0.25, 0.3) is 0 Å². The molecule has 0 saturated heterocycles. The standard InChI is InChI=1S/C12H18N2O4S/c1-14(2)19(17,18)8-7-13-12(16)9-10-5-3-4-6-11(10)15/h3-6,15H,7-9H2,1-2H3,(H,13,16). The minimum atomic E-state index is -3.31. The van der Waals surface area contributed by atoms with Crippen molar-refractivity contribution in [2.45, 2.75) is 6.42 Å². The summed E-state index contributed by atoms with van der Waals surface area (Å²) in [6.45, 7) is 0.0486. The van der Waals surface area contributed by atoms with Crippen molar-refractivity contribution >= 4 is 15.9 Å². The predicted molar refractivity (Wildman–Crippen MR) is 72.3 cm³/mol. The average Bonchev–Trinajstić information content (AvgIpc) is 2.31. The fourth-order valence-corrected chi connectivity index (χ4v) is 2.12. The van der Waals surface area contributed by atoms with Crippen LogP contribution in [0.1, 0.15) is 5.56 Å². The van der Waals surface area contributed by atoms with Gasteiger partial charge in [-0.3, -0.25) is 4.79 Å². The Bertz CT molecular complexity index is 540. The molecule has 0 unspecified atom stereocenters. The van der Waals surface area contributed by atoms with Crippen LogP contribution in [0.2, 0.25) is 0 Å². The minimum absolute atomic E-state index is 0.0225. The Kier molecular flexibility index (Phi) is 5.31. The first-order valence-corrected chi connectivity index (χ1v) is 7.37. The van der Waals surface area contributed by atoms with Crippen molar-refractivity contribution in [1.29, 1.82) is 0 Å². The normalized spacial score (nSPS) is 11.5. The molecule has 1 amide bonds. The van der Waals surface area contributed by atoms with E-state index in [0.29, 0.717) is 5.56 Å². The van der Waals surface area contributed by atoms with Gasteiger partial charge in [0.2, 0.25) is 15.9 Å². The van der Waals surface area contributed by atoms with Crippen molar-refractivity contribution in [3.05, 3.63) is 29.8 Å². The zero-order chi connectivity index (χ0) is 14.5. The topological polar surface area (TPSA) is 86.7 Å². The molecule has 6 nitrogen and oxygen atoms in total. The van der Waals surface area contributed by atoms with E-state index in [9.17, 15) is 18.3 Å². The molecule has 0 aliphatic carbocycles. The summed E-state index contributed by atoms with van der Waals surface area (Å²) in [7, 11) is -0.418. The number of nitrogens with zero attached hydrogens (tertiary/aromatic N) is 1. The van der Waals surface area contributed by atoms with Crippen LogP contribution < -0.4 is 5.32 Å². The molecule has 0 radical (unpaired) electrons. The Morgan fingerprint density at radius 3 is 2.53 bits per heavy atom. The molecule has 19 heavy (non-hydrogen) atoms. The molecular weight excluding hydrogens is 268 g/mol. The third kappa shape index (κ3) is 4.88. The third-order valence-electron chi connectivity index (χ3n) is 2.58. The molecule has 0 atom stereocenters. The summed E-state index contributed by atoms with van der Waals surface area (Å²) in [4.78, 5) is 11.6. The zero-order valence-electron chi connectivity index (χ0n) is 11.0. The second-order valence-electron chi connectivity index (χ2n) is 4.25. The predicted octanol–water partition coefficient (Wildman–Crippen LogP) is -0.0577. The van der Waals surface area contributed by atoms with Crippen molar-refractivity contribution in [3.8, 4) is 5.75 Å². The highest BCUT2D eigenvalue weighted by Gasteiger charge is 2.14. The van der Waals surface area contributed by atoms with Gasteiger partial charge in [0.1, 0.15) is 5.75 Å².